The fourth-order valence-corrected chi connectivity index (χ4v) is 2.74. The maximum absolute atomic E-state index is 12.6. The number of hydrogen-bond acceptors (Lipinski definition) is 2. The van der Waals surface area contributed by atoms with Crippen LogP contribution in [-0.4, -0.2) is 15.5 Å². The minimum absolute atomic E-state index is 0.184. The fourth-order valence-electron chi connectivity index (χ4n) is 2.46. The van der Waals surface area contributed by atoms with Gasteiger partial charge in [0.1, 0.15) is 5.65 Å². The van der Waals surface area contributed by atoms with Crippen molar-refractivity contribution in [3.8, 4) is 0 Å². The number of aryl methyl sites for hydroxylation is 2. The molecule has 0 saturated heterocycles. The second kappa shape index (κ2) is 5.81. The number of anilines is 1. The third kappa shape index (κ3) is 2.57. The van der Waals surface area contributed by atoms with Gasteiger partial charge < -0.3 is 9.88 Å². The van der Waals surface area contributed by atoms with Crippen LogP contribution in [0.4, 0.5) is 5.69 Å². The van der Waals surface area contributed by atoms with Crippen molar-refractivity contribution in [3.63, 3.8) is 0 Å². The molecular weight excluding hydrogens is 298 g/mol. The molecule has 1 amide bonds. The summed E-state index contributed by atoms with van der Waals surface area (Å²) >= 11 is 6.18. The number of pyridine rings is 1. The first-order valence-corrected chi connectivity index (χ1v) is 7.49. The van der Waals surface area contributed by atoms with Crippen LogP contribution in [0.2, 0.25) is 5.02 Å². The zero-order chi connectivity index (χ0) is 15.7. The number of carbonyl (C=O) groups excluding carboxylic acids is 1. The van der Waals surface area contributed by atoms with Gasteiger partial charge in [0, 0.05) is 24.3 Å². The Kier molecular flexibility index (Phi) is 3.86. The summed E-state index contributed by atoms with van der Waals surface area (Å²) < 4.78 is 1.96. The number of nitrogens with one attached hydrogen (secondary N) is 1. The predicted molar refractivity (Wildman–Crippen MR) is 89.5 cm³/mol. The van der Waals surface area contributed by atoms with E-state index in [1.54, 1.807) is 6.20 Å². The molecule has 0 aliphatic heterocycles. The molecule has 4 nitrogen and oxygen atoms in total. The minimum Gasteiger partial charge on any atom is -0.332 e. The number of rotatable bonds is 3. The average Bonchev–Trinajstić information content (AvgIpc) is 2.89. The van der Waals surface area contributed by atoms with Crippen LogP contribution in [0.5, 0.6) is 0 Å². The molecule has 0 spiro atoms. The van der Waals surface area contributed by atoms with Crippen molar-refractivity contribution in [1.29, 1.82) is 0 Å². The van der Waals surface area contributed by atoms with Crippen molar-refractivity contribution >= 4 is 34.2 Å². The summed E-state index contributed by atoms with van der Waals surface area (Å²) in [6.45, 7) is 4.73. The Hall–Kier alpha value is -2.33. The van der Waals surface area contributed by atoms with Crippen LogP contribution in [0.1, 0.15) is 22.8 Å². The number of nitrogens with zero attached hydrogens (tertiary/aromatic N) is 2. The minimum atomic E-state index is -0.184. The predicted octanol–water partition coefficient (Wildman–Crippen LogP) is 4.27. The largest absolute Gasteiger partial charge is 0.332 e. The molecule has 3 rings (SSSR count). The van der Waals surface area contributed by atoms with E-state index in [0.29, 0.717) is 16.3 Å². The van der Waals surface area contributed by atoms with Gasteiger partial charge in [-0.05, 0) is 43.7 Å². The maximum atomic E-state index is 12.6. The highest BCUT2D eigenvalue weighted by Crippen LogP contribution is 2.25. The van der Waals surface area contributed by atoms with E-state index in [1.807, 2.05) is 54.9 Å². The molecule has 112 valence electrons. The van der Waals surface area contributed by atoms with E-state index in [1.165, 1.54) is 0 Å². The van der Waals surface area contributed by atoms with Crippen molar-refractivity contribution in [1.82, 2.24) is 9.55 Å². The lowest BCUT2D eigenvalue weighted by Crippen LogP contribution is -2.12. The Morgan fingerprint density at radius 2 is 2.18 bits per heavy atom. The number of carbonyl (C=O) groups is 1. The van der Waals surface area contributed by atoms with E-state index < -0.39 is 0 Å². The van der Waals surface area contributed by atoms with Crippen LogP contribution in [0.25, 0.3) is 11.0 Å². The normalized spacial score (nSPS) is 10.9. The van der Waals surface area contributed by atoms with Gasteiger partial charge in [0.25, 0.3) is 5.91 Å². The summed E-state index contributed by atoms with van der Waals surface area (Å²) in [5.41, 5.74) is 3.07. The molecule has 0 radical (unpaired) electrons. The summed E-state index contributed by atoms with van der Waals surface area (Å²) in [5.74, 6) is -0.184. The maximum Gasteiger partial charge on any atom is 0.257 e. The summed E-state index contributed by atoms with van der Waals surface area (Å²) in [4.78, 5) is 16.9. The number of halogens is 1. The molecule has 0 atom stereocenters. The molecule has 22 heavy (non-hydrogen) atoms. The van der Waals surface area contributed by atoms with Crippen LogP contribution >= 0.6 is 11.6 Å². The van der Waals surface area contributed by atoms with Gasteiger partial charge in [-0.2, -0.15) is 0 Å². The molecule has 2 heterocycles. The highest BCUT2D eigenvalue weighted by Gasteiger charge is 2.16. The second-order valence-corrected chi connectivity index (χ2v) is 5.55. The third-order valence-electron chi connectivity index (χ3n) is 3.59. The first-order chi connectivity index (χ1) is 10.6. The van der Waals surface area contributed by atoms with Gasteiger partial charge >= 0.3 is 0 Å². The summed E-state index contributed by atoms with van der Waals surface area (Å²) in [7, 11) is 0. The van der Waals surface area contributed by atoms with Gasteiger partial charge in [-0.25, -0.2) is 4.98 Å². The first kappa shape index (κ1) is 14.6. The van der Waals surface area contributed by atoms with Crippen LogP contribution in [-0.2, 0) is 6.54 Å². The molecule has 5 heteroatoms. The second-order valence-electron chi connectivity index (χ2n) is 5.14. The summed E-state index contributed by atoms with van der Waals surface area (Å²) in [6, 6.07) is 9.29. The molecule has 0 bridgehead atoms. The number of fused-ring (bicyclic) bond motifs is 1. The van der Waals surface area contributed by atoms with Crippen molar-refractivity contribution < 1.29 is 4.79 Å². The quantitative estimate of drug-likeness (QED) is 0.785. The molecule has 2 aromatic heterocycles. The summed E-state index contributed by atoms with van der Waals surface area (Å²) in [6.07, 6.45) is 3.56. The molecule has 1 aromatic carbocycles. The Bertz CT molecular complexity index is 854. The van der Waals surface area contributed by atoms with Gasteiger partial charge in [-0.1, -0.05) is 17.7 Å². The highest BCUT2D eigenvalue weighted by atomic mass is 35.5. The lowest BCUT2D eigenvalue weighted by Gasteiger charge is -2.07. The zero-order valence-electron chi connectivity index (χ0n) is 12.4. The van der Waals surface area contributed by atoms with E-state index in [9.17, 15) is 4.79 Å². The Labute approximate surface area is 133 Å². The van der Waals surface area contributed by atoms with Gasteiger partial charge in [0.15, 0.2) is 0 Å². The molecule has 0 saturated carbocycles. The standard InChI is InChI=1S/C17H16ClN3O/c1-3-21-10-13(12-5-4-8-19-16(12)21)17(22)20-15-7-6-11(2)9-14(15)18/h4-10H,3H2,1-2H3,(H,20,22). The smallest absolute Gasteiger partial charge is 0.257 e. The molecule has 0 unspecified atom stereocenters. The van der Waals surface area contributed by atoms with E-state index in [4.69, 9.17) is 11.6 Å². The van der Waals surface area contributed by atoms with Crippen LogP contribution < -0.4 is 5.32 Å². The van der Waals surface area contributed by atoms with Gasteiger partial charge in [-0.3, -0.25) is 4.79 Å². The van der Waals surface area contributed by atoms with E-state index in [-0.39, 0.29) is 5.91 Å². The van der Waals surface area contributed by atoms with Crippen molar-refractivity contribution in [2.75, 3.05) is 5.32 Å². The Morgan fingerprint density at radius 3 is 2.91 bits per heavy atom. The number of amides is 1. The average molecular weight is 314 g/mol. The molecule has 0 aliphatic carbocycles. The zero-order valence-corrected chi connectivity index (χ0v) is 13.2. The topological polar surface area (TPSA) is 46.9 Å². The van der Waals surface area contributed by atoms with Crippen molar-refractivity contribution in [2.45, 2.75) is 20.4 Å². The lowest BCUT2D eigenvalue weighted by molar-refractivity contribution is 0.102. The van der Waals surface area contributed by atoms with Gasteiger partial charge in [0.2, 0.25) is 0 Å². The van der Waals surface area contributed by atoms with E-state index >= 15 is 0 Å². The SMILES string of the molecule is CCn1cc(C(=O)Nc2ccc(C)cc2Cl)c2cccnc21. The van der Waals surface area contributed by atoms with Crippen LogP contribution in [0, 0.1) is 6.92 Å². The van der Waals surface area contributed by atoms with Crippen molar-refractivity contribution in [2.24, 2.45) is 0 Å². The monoisotopic (exact) mass is 313 g/mol. The van der Waals surface area contributed by atoms with E-state index in [2.05, 4.69) is 10.3 Å². The molecule has 1 N–H and O–H groups in total. The first-order valence-electron chi connectivity index (χ1n) is 7.11. The highest BCUT2D eigenvalue weighted by molar-refractivity contribution is 6.34. The molecule has 0 fully saturated rings. The van der Waals surface area contributed by atoms with Crippen molar-refractivity contribution in [3.05, 3.63) is 58.9 Å². The fraction of sp³-hybridized carbons (Fsp3) is 0.176. The summed E-state index contributed by atoms with van der Waals surface area (Å²) in [5, 5.41) is 4.24. The lowest BCUT2D eigenvalue weighted by atomic mass is 10.2. The Balaban J connectivity index is 1.99. The van der Waals surface area contributed by atoms with Gasteiger partial charge in [0.05, 0.1) is 16.3 Å². The molecule has 0 aliphatic rings. The van der Waals surface area contributed by atoms with E-state index in [0.717, 1.165) is 23.1 Å². The van der Waals surface area contributed by atoms with Gasteiger partial charge in [-0.15, -0.1) is 0 Å². The number of hydrogen-bond donors (Lipinski definition) is 1. The number of benzene rings is 1. The number of aromatic nitrogens is 2. The van der Waals surface area contributed by atoms with Crippen LogP contribution in [0.3, 0.4) is 0 Å². The van der Waals surface area contributed by atoms with Crippen LogP contribution in [0.15, 0.2) is 42.7 Å². The molecule has 3 aromatic rings. The third-order valence-corrected chi connectivity index (χ3v) is 3.90. The Morgan fingerprint density at radius 1 is 1.36 bits per heavy atom. The molecular formula is C17H16ClN3O.